The Morgan fingerprint density at radius 3 is 3.00 bits per heavy atom. The molecule has 3 aromatic rings. The van der Waals surface area contributed by atoms with Gasteiger partial charge in [-0.25, -0.2) is 9.97 Å². The molecule has 27 heavy (non-hydrogen) atoms. The van der Waals surface area contributed by atoms with E-state index in [0.717, 1.165) is 21.5 Å². The standard InChI is InChI=1S/C19H19N5O2S/c1-10(13-6-17(25)22-8-13)26-16-5-12(4-15-18(16)27-9-23-15)14-3-2-11(7-20)19(21)24-14/h2-5,7,9-10,13,20H,6,8H2,1H3,(H2,21,24)(H,22,25)/t10-,13?/m1/s1. The molecule has 0 spiro atoms. The van der Waals surface area contributed by atoms with Crippen molar-refractivity contribution in [1.82, 2.24) is 15.3 Å². The zero-order valence-corrected chi connectivity index (χ0v) is 15.5. The van der Waals surface area contributed by atoms with Crippen LogP contribution in [0, 0.1) is 11.3 Å². The number of nitrogens with two attached hydrogens (primary N) is 1. The fourth-order valence-corrected chi connectivity index (χ4v) is 3.92. The molecule has 0 radical (unpaired) electrons. The number of carbonyl (C=O) groups excluding carboxylic acids is 1. The summed E-state index contributed by atoms with van der Waals surface area (Å²) in [6.07, 6.45) is 1.56. The van der Waals surface area contributed by atoms with Crippen LogP contribution in [0.25, 0.3) is 21.5 Å². The Hall–Kier alpha value is -3.00. The highest BCUT2D eigenvalue weighted by Crippen LogP contribution is 2.36. The topological polar surface area (TPSA) is 114 Å². The van der Waals surface area contributed by atoms with Gasteiger partial charge >= 0.3 is 0 Å². The first-order chi connectivity index (χ1) is 13.0. The van der Waals surface area contributed by atoms with Gasteiger partial charge in [-0.1, -0.05) is 0 Å². The molecule has 0 saturated carbocycles. The van der Waals surface area contributed by atoms with Crippen molar-refractivity contribution >= 4 is 39.5 Å². The van der Waals surface area contributed by atoms with Gasteiger partial charge < -0.3 is 21.2 Å². The summed E-state index contributed by atoms with van der Waals surface area (Å²) in [4.78, 5) is 20.3. The molecule has 1 aliphatic heterocycles. The van der Waals surface area contributed by atoms with E-state index >= 15 is 0 Å². The van der Waals surface area contributed by atoms with E-state index in [0.29, 0.717) is 30.0 Å². The molecule has 1 saturated heterocycles. The van der Waals surface area contributed by atoms with Gasteiger partial charge in [0, 0.05) is 36.2 Å². The van der Waals surface area contributed by atoms with Crippen LogP contribution in [0.4, 0.5) is 5.82 Å². The molecule has 7 nitrogen and oxygen atoms in total. The molecule has 8 heteroatoms. The number of fused-ring (bicyclic) bond motifs is 1. The van der Waals surface area contributed by atoms with E-state index < -0.39 is 0 Å². The molecule has 1 unspecified atom stereocenters. The zero-order valence-electron chi connectivity index (χ0n) is 14.7. The second kappa shape index (κ2) is 6.96. The average molecular weight is 381 g/mol. The highest BCUT2D eigenvalue weighted by molar-refractivity contribution is 7.17. The quantitative estimate of drug-likeness (QED) is 0.588. The third kappa shape index (κ3) is 3.35. The smallest absolute Gasteiger partial charge is 0.220 e. The van der Waals surface area contributed by atoms with E-state index in [1.807, 2.05) is 25.1 Å². The number of nitrogen functional groups attached to an aromatic ring is 1. The summed E-state index contributed by atoms with van der Waals surface area (Å²) in [5.74, 6) is 1.25. The SMILES string of the molecule is C[C@@H](Oc1cc(-c2ccc(C=N)c(N)n2)cc2ncsc12)C1CNC(=O)C1. The van der Waals surface area contributed by atoms with Gasteiger partial charge in [0.2, 0.25) is 5.91 Å². The maximum atomic E-state index is 11.5. The number of benzene rings is 1. The predicted octanol–water partition coefficient (Wildman–Crippen LogP) is 2.84. The minimum Gasteiger partial charge on any atom is -0.489 e. The van der Waals surface area contributed by atoms with Gasteiger partial charge in [-0.15, -0.1) is 11.3 Å². The number of rotatable bonds is 5. The first-order valence-corrected chi connectivity index (χ1v) is 9.51. The van der Waals surface area contributed by atoms with Crippen LogP contribution in [0.5, 0.6) is 5.75 Å². The Morgan fingerprint density at radius 2 is 2.30 bits per heavy atom. The number of hydrogen-bond acceptors (Lipinski definition) is 7. The Labute approximate surface area is 160 Å². The number of nitrogens with one attached hydrogen (secondary N) is 2. The van der Waals surface area contributed by atoms with Gasteiger partial charge in [0.1, 0.15) is 17.7 Å². The second-order valence-corrected chi connectivity index (χ2v) is 7.44. The van der Waals surface area contributed by atoms with E-state index in [-0.39, 0.29) is 17.9 Å². The summed E-state index contributed by atoms with van der Waals surface area (Å²) in [5, 5.41) is 10.2. The minimum atomic E-state index is -0.109. The van der Waals surface area contributed by atoms with Crippen molar-refractivity contribution in [2.45, 2.75) is 19.4 Å². The number of nitrogens with zero attached hydrogens (tertiary/aromatic N) is 2. The molecule has 138 valence electrons. The van der Waals surface area contributed by atoms with Gasteiger partial charge in [0.15, 0.2) is 0 Å². The lowest BCUT2D eigenvalue weighted by molar-refractivity contribution is -0.119. The Morgan fingerprint density at radius 1 is 1.44 bits per heavy atom. The van der Waals surface area contributed by atoms with Crippen molar-refractivity contribution in [3.8, 4) is 17.0 Å². The van der Waals surface area contributed by atoms with Crippen LogP contribution >= 0.6 is 11.3 Å². The zero-order chi connectivity index (χ0) is 19.0. The van der Waals surface area contributed by atoms with Crippen LogP contribution < -0.4 is 15.8 Å². The van der Waals surface area contributed by atoms with Crippen molar-refractivity contribution in [3.63, 3.8) is 0 Å². The molecular formula is C19H19N5O2S. The summed E-state index contributed by atoms with van der Waals surface area (Å²) in [5.41, 5.74) is 10.7. The van der Waals surface area contributed by atoms with Crippen molar-refractivity contribution in [2.24, 2.45) is 5.92 Å². The Balaban J connectivity index is 1.70. The molecule has 3 heterocycles. The molecule has 4 rings (SSSR count). The van der Waals surface area contributed by atoms with E-state index in [1.54, 1.807) is 11.6 Å². The number of ether oxygens (including phenoxy) is 1. The number of hydrogen-bond donors (Lipinski definition) is 3. The molecule has 1 fully saturated rings. The fourth-order valence-electron chi connectivity index (χ4n) is 3.20. The summed E-state index contributed by atoms with van der Waals surface area (Å²) in [6, 6.07) is 7.49. The van der Waals surface area contributed by atoms with Gasteiger partial charge in [0.05, 0.1) is 21.4 Å². The maximum absolute atomic E-state index is 11.5. The van der Waals surface area contributed by atoms with Crippen LogP contribution in [0.2, 0.25) is 0 Å². The number of thiazole rings is 1. The summed E-state index contributed by atoms with van der Waals surface area (Å²) in [6.45, 7) is 2.62. The highest BCUT2D eigenvalue weighted by atomic mass is 32.1. The van der Waals surface area contributed by atoms with Crippen LogP contribution in [0.15, 0.2) is 29.8 Å². The van der Waals surface area contributed by atoms with Gasteiger partial charge in [-0.05, 0) is 31.2 Å². The van der Waals surface area contributed by atoms with Crippen molar-refractivity contribution < 1.29 is 9.53 Å². The lowest BCUT2D eigenvalue weighted by Crippen LogP contribution is -2.25. The van der Waals surface area contributed by atoms with Gasteiger partial charge in [-0.3, -0.25) is 4.79 Å². The minimum absolute atomic E-state index is 0.0677. The summed E-state index contributed by atoms with van der Waals surface area (Å²) in [7, 11) is 0. The van der Waals surface area contributed by atoms with E-state index in [1.165, 1.54) is 17.6 Å². The predicted molar refractivity (Wildman–Crippen MR) is 106 cm³/mol. The third-order valence-electron chi connectivity index (χ3n) is 4.79. The largest absolute Gasteiger partial charge is 0.489 e. The van der Waals surface area contributed by atoms with Crippen LogP contribution in [0.1, 0.15) is 18.9 Å². The van der Waals surface area contributed by atoms with E-state index in [4.69, 9.17) is 15.9 Å². The van der Waals surface area contributed by atoms with E-state index in [9.17, 15) is 4.79 Å². The average Bonchev–Trinajstić information content (AvgIpc) is 3.30. The number of amides is 1. The monoisotopic (exact) mass is 381 g/mol. The lowest BCUT2D eigenvalue weighted by atomic mass is 10.0. The number of carbonyl (C=O) groups is 1. The third-order valence-corrected chi connectivity index (χ3v) is 5.65. The molecular weight excluding hydrogens is 362 g/mol. The summed E-state index contributed by atoms with van der Waals surface area (Å²) >= 11 is 1.52. The van der Waals surface area contributed by atoms with Crippen LogP contribution in [0.3, 0.4) is 0 Å². The fraction of sp³-hybridized carbons (Fsp3) is 0.263. The maximum Gasteiger partial charge on any atom is 0.220 e. The normalized spacial score (nSPS) is 17.7. The second-order valence-electron chi connectivity index (χ2n) is 6.58. The first-order valence-electron chi connectivity index (χ1n) is 8.63. The van der Waals surface area contributed by atoms with Crippen molar-refractivity contribution in [1.29, 1.82) is 5.41 Å². The lowest BCUT2D eigenvalue weighted by Gasteiger charge is -2.20. The van der Waals surface area contributed by atoms with E-state index in [2.05, 4.69) is 15.3 Å². The molecule has 1 aromatic carbocycles. The number of aromatic nitrogens is 2. The van der Waals surface area contributed by atoms with Gasteiger partial charge in [-0.2, -0.15) is 0 Å². The van der Waals surface area contributed by atoms with Crippen LogP contribution in [-0.2, 0) is 4.79 Å². The summed E-state index contributed by atoms with van der Waals surface area (Å²) < 4.78 is 7.20. The van der Waals surface area contributed by atoms with Gasteiger partial charge in [0.25, 0.3) is 0 Å². The molecule has 2 atom stereocenters. The molecule has 0 aliphatic carbocycles. The molecule has 0 bridgehead atoms. The molecule has 2 aromatic heterocycles. The number of anilines is 1. The highest BCUT2D eigenvalue weighted by Gasteiger charge is 2.28. The van der Waals surface area contributed by atoms with Crippen molar-refractivity contribution in [2.75, 3.05) is 12.3 Å². The van der Waals surface area contributed by atoms with Crippen molar-refractivity contribution in [3.05, 3.63) is 35.3 Å². The first kappa shape index (κ1) is 17.4. The Bertz CT molecular complexity index is 1030. The molecule has 1 aliphatic rings. The molecule has 4 N–H and O–H groups in total. The number of pyridine rings is 1. The Kier molecular flexibility index (Phi) is 4.49. The van der Waals surface area contributed by atoms with Crippen LogP contribution in [-0.4, -0.2) is 34.7 Å². The molecule has 1 amide bonds.